The predicted molar refractivity (Wildman–Crippen MR) is 87.8 cm³/mol. The van der Waals surface area contributed by atoms with Gasteiger partial charge in [-0.1, -0.05) is 18.2 Å². The molecule has 3 rings (SSSR count). The summed E-state index contributed by atoms with van der Waals surface area (Å²) in [6, 6.07) is 9.26. The van der Waals surface area contributed by atoms with Gasteiger partial charge in [0.2, 0.25) is 0 Å². The molecule has 1 aromatic carbocycles. The fourth-order valence-corrected chi connectivity index (χ4v) is 3.35. The van der Waals surface area contributed by atoms with Gasteiger partial charge in [-0.3, -0.25) is 0 Å². The average Bonchev–Trinajstić information content (AvgIpc) is 2.81. The van der Waals surface area contributed by atoms with E-state index in [1.807, 2.05) is 18.2 Å². The highest BCUT2D eigenvalue weighted by Crippen LogP contribution is 2.29. The molecule has 0 atom stereocenters. The van der Waals surface area contributed by atoms with Crippen molar-refractivity contribution in [1.29, 1.82) is 0 Å². The van der Waals surface area contributed by atoms with Crippen molar-refractivity contribution in [3.63, 3.8) is 0 Å². The molecule has 114 valence electrons. The molecule has 1 aromatic heterocycles. The van der Waals surface area contributed by atoms with Crippen LogP contribution in [-0.2, 0) is 6.54 Å². The summed E-state index contributed by atoms with van der Waals surface area (Å²) in [5.41, 5.74) is 1.95. The second-order valence-electron chi connectivity index (χ2n) is 6.14. The number of nitrogens with zero attached hydrogens (tertiary/aromatic N) is 1. The van der Waals surface area contributed by atoms with E-state index < -0.39 is 0 Å². The first kappa shape index (κ1) is 14.9. The summed E-state index contributed by atoms with van der Waals surface area (Å²) in [6.07, 6.45) is 2.40. The number of nitrogens with one attached hydrogen (secondary N) is 1. The van der Waals surface area contributed by atoms with E-state index in [0.29, 0.717) is 17.3 Å². The Morgan fingerprint density at radius 1 is 1.29 bits per heavy atom. The molecule has 0 bridgehead atoms. The quantitative estimate of drug-likeness (QED) is 0.924. The van der Waals surface area contributed by atoms with Crippen molar-refractivity contribution >= 4 is 22.6 Å². The van der Waals surface area contributed by atoms with E-state index in [1.54, 1.807) is 0 Å². The maximum absolute atomic E-state index is 6.24. The highest BCUT2D eigenvalue weighted by atomic mass is 35.5. The molecule has 4 heteroatoms. The highest BCUT2D eigenvalue weighted by Gasteiger charge is 2.21. The van der Waals surface area contributed by atoms with Crippen LogP contribution in [0.1, 0.15) is 32.3 Å². The van der Waals surface area contributed by atoms with Crippen LogP contribution in [0.15, 0.2) is 28.7 Å². The number of hydrogen-bond donors (Lipinski definition) is 1. The summed E-state index contributed by atoms with van der Waals surface area (Å²) < 4.78 is 5.60. The number of para-hydroxylation sites is 1. The largest absolute Gasteiger partial charge is 0.444 e. The molecule has 1 aliphatic rings. The third kappa shape index (κ3) is 3.25. The summed E-state index contributed by atoms with van der Waals surface area (Å²) in [7, 11) is 0. The van der Waals surface area contributed by atoms with Crippen molar-refractivity contribution in [2.24, 2.45) is 0 Å². The van der Waals surface area contributed by atoms with E-state index in [1.165, 1.54) is 25.9 Å². The van der Waals surface area contributed by atoms with Crippen molar-refractivity contribution in [3.8, 4) is 0 Å². The van der Waals surface area contributed by atoms with Crippen LogP contribution in [0.3, 0.4) is 0 Å². The fourth-order valence-electron chi connectivity index (χ4n) is 3.10. The van der Waals surface area contributed by atoms with Crippen LogP contribution < -0.4 is 5.32 Å². The first-order chi connectivity index (χ1) is 10.1. The molecular formula is C17H23ClN2O. The summed E-state index contributed by atoms with van der Waals surface area (Å²) in [4.78, 5) is 2.54. The van der Waals surface area contributed by atoms with Gasteiger partial charge in [0, 0.05) is 29.6 Å². The summed E-state index contributed by atoms with van der Waals surface area (Å²) >= 11 is 6.24. The Kier molecular flexibility index (Phi) is 4.53. The Bertz CT molecular complexity index is 600. The minimum absolute atomic E-state index is 0.517. The summed E-state index contributed by atoms with van der Waals surface area (Å²) in [6.45, 7) is 7.67. The van der Waals surface area contributed by atoms with Crippen LogP contribution in [-0.4, -0.2) is 30.1 Å². The van der Waals surface area contributed by atoms with Gasteiger partial charge in [-0.2, -0.15) is 0 Å². The first-order valence-electron chi connectivity index (χ1n) is 7.78. The number of furan rings is 1. The van der Waals surface area contributed by atoms with Gasteiger partial charge in [-0.05, 0) is 57.4 Å². The number of piperidine rings is 1. The zero-order valence-corrected chi connectivity index (χ0v) is 13.5. The maximum Gasteiger partial charge on any atom is 0.199 e. The Morgan fingerprint density at radius 3 is 2.71 bits per heavy atom. The molecule has 0 saturated carbocycles. The van der Waals surface area contributed by atoms with Gasteiger partial charge >= 0.3 is 0 Å². The lowest BCUT2D eigenvalue weighted by molar-refractivity contribution is 0.161. The third-order valence-corrected chi connectivity index (χ3v) is 4.78. The molecule has 0 unspecified atom stereocenters. The van der Waals surface area contributed by atoms with Crippen LogP contribution in [0, 0.1) is 0 Å². The number of rotatable bonds is 4. The Morgan fingerprint density at radius 2 is 2.00 bits per heavy atom. The molecule has 21 heavy (non-hydrogen) atoms. The topological polar surface area (TPSA) is 28.4 Å². The molecule has 1 saturated heterocycles. The fraction of sp³-hybridized carbons (Fsp3) is 0.529. The molecule has 2 aromatic rings. The van der Waals surface area contributed by atoms with E-state index in [9.17, 15) is 0 Å². The Hall–Kier alpha value is -1.03. The van der Waals surface area contributed by atoms with Crippen molar-refractivity contribution in [3.05, 3.63) is 35.0 Å². The van der Waals surface area contributed by atoms with E-state index in [4.69, 9.17) is 16.0 Å². The number of fused-ring (bicyclic) bond motifs is 1. The van der Waals surface area contributed by atoms with Crippen molar-refractivity contribution in [1.82, 2.24) is 10.2 Å². The second-order valence-corrected chi connectivity index (χ2v) is 6.48. The molecule has 0 radical (unpaired) electrons. The van der Waals surface area contributed by atoms with Crippen molar-refractivity contribution in [2.45, 2.75) is 45.3 Å². The van der Waals surface area contributed by atoms with Gasteiger partial charge in [-0.15, -0.1) is 0 Å². The second kappa shape index (κ2) is 6.39. The number of halogens is 1. The van der Waals surface area contributed by atoms with Crippen LogP contribution in [0.25, 0.3) is 11.0 Å². The number of benzene rings is 1. The Labute approximate surface area is 131 Å². The van der Waals surface area contributed by atoms with E-state index >= 15 is 0 Å². The van der Waals surface area contributed by atoms with Gasteiger partial charge in [-0.25, -0.2) is 0 Å². The lowest BCUT2D eigenvalue weighted by atomic mass is 10.0. The van der Waals surface area contributed by atoms with Crippen LogP contribution in [0.5, 0.6) is 0 Å². The molecule has 1 fully saturated rings. The first-order valence-corrected chi connectivity index (χ1v) is 8.16. The number of likely N-dealkylation sites (tertiary alicyclic amines) is 1. The normalized spacial score (nSPS) is 17.9. The molecule has 1 N–H and O–H groups in total. The monoisotopic (exact) mass is 306 g/mol. The molecule has 1 aliphatic heterocycles. The van der Waals surface area contributed by atoms with Crippen LogP contribution in [0.2, 0.25) is 5.22 Å². The standard InChI is InChI=1S/C17H23ClN2O/c1-12(2)20-9-7-13(8-10-20)19-11-15-14-5-3-4-6-16(14)21-17(15)18/h3-6,12-13,19H,7-11H2,1-2H3. The minimum atomic E-state index is 0.517. The molecule has 2 heterocycles. The van der Waals surface area contributed by atoms with E-state index in [-0.39, 0.29) is 0 Å². The van der Waals surface area contributed by atoms with Gasteiger partial charge < -0.3 is 14.6 Å². The summed E-state index contributed by atoms with van der Waals surface area (Å²) in [5.74, 6) is 0. The molecule has 0 amide bonds. The third-order valence-electron chi connectivity index (χ3n) is 4.48. The van der Waals surface area contributed by atoms with Crippen molar-refractivity contribution < 1.29 is 4.42 Å². The predicted octanol–water partition coefficient (Wildman–Crippen LogP) is 4.05. The molecule has 0 spiro atoms. The number of hydrogen-bond acceptors (Lipinski definition) is 3. The van der Waals surface area contributed by atoms with Crippen LogP contribution >= 0.6 is 11.6 Å². The van der Waals surface area contributed by atoms with Crippen LogP contribution in [0.4, 0.5) is 0 Å². The zero-order chi connectivity index (χ0) is 14.8. The maximum atomic E-state index is 6.24. The van der Waals surface area contributed by atoms with Gasteiger partial charge in [0.25, 0.3) is 0 Å². The lowest BCUT2D eigenvalue weighted by Crippen LogP contribution is -2.44. The van der Waals surface area contributed by atoms with E-state index in [2.05, 4.69) is 30.1 Å². The molecule has 0 aliphatic carbocycles. The van der Waals surface area contributed by atoms with Gasteiger partial charge in [0.05, 0.1) is 0 Å². The highest BCUT2D eigenvalue weighted by molar-refractivity contribution is 6.30. The van der Waals surface area contributed by atoms with Gasteiger partial charge in [0.15, 0.2) is 5.22 Å². The van der Waals surface area contributed by atoms with Gasteiger partial charge in [0.1, 0.15) is 5.58 Å². The summed E-state index contributed by atoms with van der Waals surface area (Å²) in [5, 5.41) is 5.28. The SMILES string of the molecule is CC(C)N1CCC(NCc2c(Cl)oc3ccccc23)CC1. The Balaban J connectivity index is 1.61. The van der Waals surface area contributed by atoms with E-state index in [0.717, 1.165) is 23.1 Å². The smallest absolute Gasteiger partial charge is 0.199 e. The minimum Gasteiger partial charge on any atom is -0.444 e. The average molecular weight is 307 g/mol. The molecule has 3 nitrogen and oxygen atoms in total. The van der Waals surface area contributed by atoms with Crippen molar-refractivity contribution in [2.75, 3.05) is 13.1 Å². The lowest BCUT2D eigenvalue weighted by Gasteiger charge is -2.35. The zero-order valence-electron chi connectivity index (χ0n) is 12.7. The molecular weight excluding hydrogens is 284 g/mol.